The van der Waals surface area contributed by atoms with Gasteiger partial charge >= 0.3 is 0 Å². The van der Waals surface area contributed by atoms with Crippen molar-refractivity contribution in [2.45, 2.75) is 58.2 Å². The molecule has 0 aliphatic carbocycles. The molecule has 22 heavy (non-hydrogen) atoms. The van der Waals surface area contributed by atoms with Crippen LogP contribution in [0.5, 0.6) is 0 Å². The van der Waals surface area contributed by atoms with Crippen molar-refractivity contribution in [2.75, 3.05) is 12.3 Å². The summed E-state index contributed by atoms with van der Waals surface area (Å²) >= 11 is 0. The molecule has 2 rings (SSSR count). The summed E-state index contributed by atoms with van der Waals surface area (Å²) in [5, 5.41) is 4.55. The highest BCUT2D eigenvalue weighted by molar-refractivity contribution is 6.74. The van der Waals surface area contributed by atoms with Gasteiger partial charge in [-0.1, -0.05) is 20.8 Å². The SMILES string of the molecule is CC(C)(C)[Si](C)(C)OCCCCc1ccc2c(N)ncnn12. The van der Waals surface area contributed by atoms with Crippen LogP contribution in [0.25, 0.3) is 5.52 Å². The molecule has 2 aromatic rings. The van der Waals surface area contributed by atoms with E-state index in [2.05, 4.69) is 50.0 Å². The minimum absolute atomic E-state index is 0.277. The lowest BCUT2D eigenvalue weighted by atomic mass is 10.2. The fourth-order valence-electron chi connectivity index (χ4n) is 2.15. The molecule has 0 atom stereocenters. The number of hydrogen-bond acceptors (Lipinski definition) is 4. The van der Waals surface area contributed by atoms with Gasteiger partial charge in [0.05, 0.1) is 0 Å². The van der Waals surface area contributed by atoms with E-state index in [4.69, 9.17) is 10.2 Å². The van der Waals surface area contributed by atoms with Gasteiger partial charge in [-0.15, -0.1) is 0 Å². The molecular formula is C16H28N4OSi. The minimum Gasteiger partial charge on any atom is -0.417 e. The van der Waals surface area contributed by atoms with Crippen molar-refractivity contribution in [3.05, 3.63) is 24.2 Å². The molecule has 0 aromatic carbocycles. The molecule has 122 valence electrons. The average molecular weight is 321 g/mol. The van der Waals surface area contributed by atoms with Crippen molar-refractivity contribution in [1.82, 2.24) is 14.6 Å². The monoisotopic (exact) mass is 320 g/mol. The Balaban J connectivity index is 1.83. The standard InChI is InChI=1S/C16H28N4OSi/c1-16(2,3)22(4,5)21-11-7-6-8-13-9-10-14-15(17)18-12-19-20(13)14/h9-10,12H,6-8,11H2,1-5H3,(H2,17,18,19). The van der Waals surface area contributed by atoms with Crippen LogP contribution in [0.4, 0.5) is 5.82 Å². The molecular weight excluding hydrogens is 292 g/mol. The number of unbranched alkanes of at least 4 members (excludes halogenated alkanes) is 1. The maximum absolute atomic E-state index is 6.21. The first-order chi connectivity index (χ1) is 10.2. The van der Waals surface area contributed by atoms with Crippen LogP contribution in [0.15, 0.2) is 18.5 Å². The second-order valence-corrected chi connectivity index (χ2v) is 12.1. The fourth-order valence-corrected chi connectivity index (χ4v) is 3.24. The lowest BCUT2D eigenvalue weighted by Crippen LogP contribution is -2.40. The maximum atomic E-state index is 6.21. The van der Waals surface area contributed by atoms with Gasteiger partial charge in [-0.2, -0.15) is 5.10 Å². The Morgan fingerprint density at radius 3 is 2.64 bits per heavy atom. The van der Waals surface area contributed by atoms with E-state index in [1.165, 1.54) is 12.0 Å². The third-order valence-corrected chi connectivity index (χ3v) is 9.19. The second kappa shape index (κ2) is 6.38. The summed E-state index contributed by atoms with van der Waals surface area (Å²) in [5.41, 5.74) is 7.91. The van der Waals surface area contributed by atoms with E-state index in [1.807, 2.05) is 10.6 Å². The van der Waals surface area contributed by atoms with Crippen molar-refractivity contribution in [3.8, 4) is 0 Å². The van der Waals surface area contributed by atoms with E-state index >= 15 is 0 Å². The van der Waals surface area contributed by atoms with Gasteiger partial charge in [-0.25, -0.2) is 9.50 Å². The largest absolute Gasteiger partial charge is 0.417 e. The molecule has 6 heteroatoms. The van der Waals surface area contributed by atoms with Crippen LogP contribution in [-0.2, 0) is 10.8 Å². The number of hydrogen-bond donors (Lipinski definition) is 1. The number of aromatic nitrogens is 3. The van der Waals surface area contributed by atoms with E-state index in [0.717, 1.165) is 31.4 Å². The highest BCUT2D eigenvalue weighted by Crippen LogP contribution is 2.36. The van der Waals surface area contributed by atoms with Gasteiger partial charge in [0.15, 0.2) is 14.1 Å². The number of nitrogens with zero attached hydrogens (tertiary/aromatic N) is 3. The molecule has 0 radical (unpaired) electrons. The normalized spacial score (nSPS) is 13.0. The zero-order chi connectivity index (χ0) is 16.4. The number of nitrogen functional groups attached to an aromatic ring is 1. The lowest BCUT2D eigenvalue weighted by Gasteiger charge is -2.36. The highest BCUT2D eigenvalue weighted by Gasteiger charge is 2.36. The number of nitrogens with two attached hydrogens (primary N) is 1. The van der Waals surface area contributed by atoms with Crippen molar-refractivity contribution in [1.29, 1.82) is 0 Å². The number of rotatable bonds is 6. The van der Waals surface area contributed by atoms with Crippen LogP contribution in [-0.4, -0.2) is 29.5 Å². The van der Waals surface area contributed by atoms with Gasteiger partial charge in [-0.3, -0.25) is 0 Å². The molecule has 0 saturated heterocycles. The molecule has 0 spiro atoms. The van der Waals surface area contributed by atoms with Crippen LogP contribution < -0.4 is 5.73 Å². The topological polar surface area (TPSA) is 65.4 Å². The van der Waals surface area contributed by atoms with E-state index in [0.29, 0.717) is 5.82 Å². The third-order valence-electron chi connectivity index (χ3n) is 4.66. The Kier molecular flexibility index (Phi) is 4.92. The predicted molar refractivity (Wildman–Crippen MR) is 93.5 cm³/mol. The van der Waals surface area contributed by atoms with Crippen molar-refractivity contribution >= 4 is 19.7 Å². The first-order valence-electron chi connectivity index (χ1n) is 7.93. The molecule has 0 saturated carbocycles. The van der Waals surface area contributed by atoms with Gasteiger partial charge in [0, 0.05) is 12.3 Å². The van der Waals surface area contributed by atoms with Crippen LogP contribution in [0, 0.1) is 0 Å². The second-order valence-electron chi connectivity index (χ2n) is 7.33. The summed E-state index contributed by atoms with van der Waals surface area (Å²) in [4.78, 5) is 4.01. The van der Waals surface area contributed by atoms with Crippen LogP contribution in [0.1, 0.15) is 39.3 Å². The van der Waals surface area contributed by atoms with Gasteiger partial charge < -0.3 is 10.2 Å². The van der Waals surface area contributed by atoms with Gasteiger partial charge in [0.2, 0.25) is 0 Å². The number of fused-ring (bicyclic) bond motifs is 1. The van der Waals surface area contributed by atoms with E-state index < -0.39 is 8.32 Å². The maximum Gasteiger partial charge on any atom is 0.191 e. The summed E-state index contributed by atoms with van der Waals surface area (Å²) in [6.45, 7) is 12.3. The number of anilines is 1. The Bertz CT molecular complexity index is 631. The molecule has 2 N–H and O–H groups in total. The summed E-state index contributed by atoms with van der Waals surface area (Å²) in [6.07, 6.45) is 4.64. The quantitative estimate of drug-likeness (QED) is 0.651. The van der Waals surface area contributed by atoms with Crippen LogP contribution in [0.3, 0.4) is 0 Å². The Labute approximate surface area is 134 Å². The minimum atomic E-state index is -1.61. The molecule has 2 aromatic heterocycles. The van der Waals surface area contributed by atoms with Crippen molar-refractivity contribution in [3.63, 3.8) is 0 Å². The van der Waals surface area contributed by atoms with Gasteiger partial charge in [0.1, 0.15) is 11.8 Å². The van der Waals surface area contributed by atoms with Crippen LogP contribution >= 0.6 is 0 Å². The number of aryl methyl sites for hydroxylation is 1. The Morgan fingerprint density at radius 2 is 1.95 bits per heavy atom. The first-order valence-corrected chi connectivity index (χ1v) is 10.8. The Morgan fingerprint density at radius 1 is 1.23 bits per heavy atom. The molecule has 5 nitrogen and oxygen atoms in total. The molecule has 0 bridgehead atoms. The molecule has 0 fully saturated rings. The average Bonchev–Trinajstić information content (AvgIpc) is 2.82. The van der Waals surface area contributed by atoms with E-state index in [1.54, 1.807) is 0 Å². The summed E-state index contributed by atoms with van der Waals surface area (Å²) in [6, 6.07) is 4.06. The zero-order valence-electron chi connectivity index (χ0n) is 14.4. The molecule has 2 heterocycles. The molecule has 0 aliphatic rings. The highest BCUT2D eigenvalue weighted by atomic mass is 28.4. The summed E-state index contributed by atoms with van der Waals surface area (Å²) in [5.74, 6) is 0.530. The predicted octanol–water partition coefficient (Wildman–Crippen LogP) is 3.66. The van der Waals surface area contributed by atoms with Gasteiger partial charge in [-0.05, 0) is 49.5 Å². The molecule has 0 amide bonds. The molecule has 0 aliphatic heterocycles. The zero-order valence-corrected chi connectivity index (χ0v) is 15.4. The van der Waals surface area contributed by atoms with Crippen LogP contribution in [0.2, 0.25) is 18.1 Å². The first kappa shape index (κ1) is 17.0. The lowest BCUT2D eigenvalue weighted by molar-refractivity contribution is 0.279. The Hall–Kier alpha value is -1.40. The van der Waals surface area contributed by atoms with E-state index in [9.17, 15) is 0 Å². The van der Waals surface area contributed by atoms with Gasteiger partial charge in [0.25, 0.3) is 0 Å². The summed E-state index contributed by atoms with van der Waals surface area (Å²) in [7, 11) is -1.61. The summed E-state index contributed by atoms with van der Waals surface area (Å²) < 4.78 is 8.09. The van der Waals surface area contributed by atoms with E-state index in [-0.39, 0.29) is 5.04 Å². The smallest absolute Gasteiger partial charge is 0.191 e. The third kappa shape index (κ3) is 3.67. The van der Waals surface area contributed by atoms with Crippen molar-refractivity contribution < 1.29 is 4.43 Å². The molecule has 0 unspecified atom stereocenters. The van der Waals surface area contributed by atoms with Crippen molar-refractivity contribution in [2.24, 2.45) is 0 Å². The fraction of sp³-hybridized carbons (Fsp3) is 0.625.